The molecule has 190 valence electrons. The molecule has 0 saturated heterocycles. The number of carbonyl (C=O) groups excluding carboxylic acids is 1. The van der Waals surface area contributed by atoms with Crippen LogP contribution in [0.4, 0.5) is 8.78 Å². The summed E-state index contributed by atoms with van der Waals surface area (Å²) in [5.74, 6) is -0.873. The fourth-order valence-electron chi connectivity index (χ4n) is 4.15. The van der Waals surface area contributed by atoms with Crippen LogP contribution in [0.25, 0.3) is 16.6 Å². The Kier molecular flexibility index (Phi) is 7.33. The molecule has 4 aromatic carbocycles. The highest BCUT2D eigenvalue weighted by atomic mass is 32.2. The minimum absolute atomic E-state index is 0.207. The van der Waals surface area contributed by atoms with Crippen LogP contribution in [0.2, 0.25) is 0 Å². The van der Waals surface area contributed by atoms with Crippen molar-refractivity contribution in [3.8, 4) is 5.69 Å². The second-order valence-electron chi connectivity index (χ2n) is 8.77. The van der Waals surface area contributed by atoms with Gasteiger partial charge in [-0.3, -0.25) is 14.2 Å². The SMILES string of the molecule is CN(Cc1ccccc1)C(=O)c1ccc2c(=O)n(-c3cccc(F)c3)c(SCc3ccccc3F)nc2c1. The van der Waals surface area contributed by atoms with E-state index < -0.39 is 11.4 Å². The van der Waals surface area contributed by atoms with Gasteiger partial charge in [0.2, 0.25) is 0 Å². The number of nitrogens with zero attached hydrogens (tertiary/aromatic N) is 3. The molecule has 0 aliphatic heterocycles. The number of benzene rings is 4. The van der Waals surface area contributed by atoms with Crippen molar-refractivity contribution in [1.82, 2.24) is 14.5 Å². The fraction of sp³-hybridized carbons (Fsp3) is 0.100. The maximum absolute atomic E-state index is 14.3. The largest absolute Gasteiger partial charge is 0.337 e. The van der Waals surface area contributed by atoms with Crippen LogP contribution >= 0.6 is 11.8 Å². The van der Waals surface area contributed by atoms with Crippen LogP contribution in [-0.4, -0.2) is 27.4 Å². The Morgan fingerprint density at radius 2 is 1.68 bits per heavy atom. The highest BCUT2D eigenvalue weighted by molar-refractivity contribution is 7.98. The van der Waals surface area contributed by atoms with Gasteiger partial charge < -0.3 is 4.90 Å². The molecular formula is C30H23F2N3O2S. The summed E-state index contributed by atoms with van der Waals surface area (Å²) in [5.41, 5.74) is 2.06. The number of rotatable bonds is 7. The van der Waals surface area contributed by atoms with Crippen molar-refractivity contribution in [2.45, 2.75) is 17.5 Å². The van der Waals surface area contributed by atoms with Crippen LogP contribution in [-0.2, 0) is 12.3 Å². The van der Waals surface area contributed by atoms with Gasteiger partial charge in [0.25, 0.3) is 11.5 Å². The lowest BCUT2D eigenvalue weighted by Crippen LogP contribution is -2.26. The quantitative estimate of drug-likeness (QED) is 0.186. The Balaban J connectivity index is 1.55. The highest BCUT2D eigenvalue weighted by Gasteiger charge is 2.18. The predicted octanol–water partition coefficient (Wildman–Crippen LogP) is 6.23. The number of fused-ring (bicyclic) bond motifs is 1. The molecular weight excluding hydrogens is 504 g/mol. The van der Waals surface area contributed by atoms with E-state index in [0.717, 1.165) is 17.3 Å². The lowest BCUT2D eigenvalue weighted by molar-refractivity contribution is 0.0785. The minimum Gasteiger partial charge on any atom is -0.337 e. The smallest absolute Gasteiger partial charge is 0.266 e. The van der Waals surface area contributed by atoms with Crippen molar-refractivity contribution in [2.24, 2.45) is 0 Å². The number of aromatic nitrogens is 2. The van der Waals surface area contributed by atoms with Gasteiger partial charge in [-0.15, -0.1) is 0 Å². The molecule has 0 bridgehead atoms. The first-order valence-electron chi connectivity index (χ1n) is 11.9. The molecule has 1 aromatic heterocycles. The third-order valence-corrected chi connectivity index (χ3v) is 7.06. The van der Waals surface area contributed by atoms with Gasteiger partial charge in [0, 0.05) is 24.9 Å². The summed E-state index contributed by atoms with van der Waals surface area (Å²) in [5, 5.41) is 0.547. The molecule has 0 aliphatic carbocycles. The average Bonchev–Trinajstić information content (AvgIpc) is 2.92. The summed E-state index contributed by atoms with van der Waals surface area (Å²) in [6.07, 6.45) is 0. The minimum atomic E-state index is -0.498. The molecule has 5 nitrogen and oxygen atoms in total. The van der Waals surface area contributed by atoms with Gasteiger partial charge in [0.05, 0.1) is 16.6 Å². The summed E-state index contributed by atoms with van der Waals surface area (Å²) in [4.78, 5) is 33.1. The monoisotopic (exact) mass is 527 g/mol. The number of amides is 1. The lowest BCUT2D eigenvalue weighted by atomic mass is 10.1. The second kappa shape index (κ2) is 11.0. The van der Waals surface area contributed by atoms with Gasteiger partial charge in [0.1, 0.15) is 11.6 Å². The van der Waals surface area contributed by atoms with E-state index in [1.54, 1.807) is 54.4 Å². The molecule has 1 heterocycles. The van der Waals surface area contributed by atoms with E-state index in [0.29, 0.717) is 28.9 Å². The molecule has 0 unspecified atom stereocenters. The van der Waals surface area contributed by atoms with Gasteiger partial charge in [-0.25, -0.2) is 13.8 Å². The van der Waals surface area contributed by atoms with Gasteiger partial charge in [-0.1, -0.05) is 66.4 Å². The van der Waals surface area contributed by atoms with E-state index in [2.05, 4.69) is 4.98 Å². The Morgan fingerprint density at radius 1 is 0.921 bits per heavy atom. The van der Waals surface area contributed by atoms with E-state index in [1.807, 2.05) is 30.3 Å². The fourth-order valence-corrected chi connectivity index (χ4v) is 5.14. The van der Waals surface area contributed by atoms with Crippen LogP contribution in [0.15, 0.2) is 107 Å². The number of hydrogen-bond acceptors (Lipinski definition) is 4. The Hall–Kier alpha value is -4.30. The van der Waals surface area contributed by atoms with Gasteiger partial charge in [0.15, 0.2) is 5.16 Å². The predicted molar refractivity (Wildman–Crippen MR) is 145 cm³/mol. The van der Waals surface area contributed by atoms with Gasteiger partial charge >= 0.3 is 0 Å². The van der Waals surface area contributed by atoms with E-state index in [1.165, 1.54) is 28.8 Å². The summed E-state index contributed by atoms with van der Waals surface area (Å²) in [7, 11) is 1.71. The molecule has 38 heavy (non-hydrogen) atoms. The van der Waals surface area contributed by atoms with Crippen LogP contribution in [0.5, 0.6) is 0 Å². The molecule has 1 amide bonds. The Morgan fingerprint density at radius 3 is 2.45 bits per heavy atom. The molecule has 0 fully saturated rings. The zero-order valence-corrected chi connectivity index (χ0v) is 21.3. The molecule has 0 N–H and O–H groups in total. The normalized spacial score (nSPS) is 11.0. The van der Waals surface area contributed by atoms with Crippen LogP contribution in [0.1, 0.15) is 21.5 Å². The summed E-state index contributed by atoms with van der Waals surface area (Å²) in [6, 6.07) is 26.4. The summed E-state index contributed by atoms with van der Waals surface area (Å²) < 4.78 is 29.7. The number of thioether (sulfide) groups is 1. The van der Waals surface area contributed by atoms with Crippen LogP contribution in [0.3, 0.4) is 0 Å². The molecule has 0 spiro atoms. The van der Waals surface area contributed by atoms with Crippen LogP contribution < -0.4 is 5.56 Å². The molecule has 0 atom stereocenters. The van der Waals surface area contributed by atoms with E-state index in [9.17, 15) is 18.4 Å². The topological polar surface area (TPSA) is 55.2 Å². The van der Waals surface area contributed by atoms with Crippen molar-refractivity contribution in [3.63, 3.8) is 0 Å². The highest BCUT2D eigenvalue weighted by Crippen LogP contribution is 2.26. The molecule has 5 aromatic rings. The zero-order chi connectivity index (χ0) is 26.6. The van der Waals surface area contributed by atoms with Gasteiger partial charge in [-0.2, -0.15) is 0 Å². The van der Waals surface area contributed by atoms with Crippen molar-refractivity contribution < 1.29 is 13.6 Å². The zero-order valence-electron chi connectivity index (χ0n) is 20.5. The second-order valence-corrected chi connectivity index (χ2v) is 9.72. The first kappa shape index (κ1) is 25.4. The average molecular weight is 528 g/mol. The molecule has 0 saturated carbocycles. The van der Waals surface area contributed by atoms with E-state index >= 15 is 0 Å². The Labute approximate surface area is 222 Å². The first-order valence-corrected chi connectivity index (χ1v) is 12.9. The standard InChI is InChI=1S/C30H23F2N3O2S/c1-34(18-20-8-3-2-4-9-20)28(36)21-14-15-25-27(16-21)33-30(38-19-22-10-5-6-13-26(22)32)35(29(25)37)24-12-7-11-23(31)17-24/h2-17H,18-19H2,1H3. The maximum atomic E-state index is 14.3. The van der Waals surface area contributed by atoms with Crippen molar-refractivity contribution in [2.75, 3.05) is 7.05 Å². The first-order chi connectivity index (χ1) is 18.4. The summed E-state index contributed by atoms with van der Waals surface area (Å²) in [6.45, 7) is 0.427. The van der Waals surface area contributed by atoms with E-state index in [4.69, 9.17) is 0 Å². The summed E-state index contributed by atoms with van der Waals surface area (Å²) >= 11 is 1.16. The van der Waals surface area contributed by atoms with Crippen LogP contribution in [0, 0.1) is 11.6 Å². The lowest BCUT2D eigenvalue weighted by Gasteiger charge is -2.18. The molecule has 0 aliphatic rings. The number of halogens is 2. The number of hydrogen-bond donors (Lipinski definition) is 0. The van der Waals surface area contributed by atoms with Crippen molar-refractivity contribution >= 4 is 28.6 Å². The van der Waals surface area contributed by atoms with Crippen molar-refractivity contribution in [1.29, 1.82) is 0 Å². The third-order valence-electron chi connectivity index (χ3n) is 6.08. The Bertz CT molecular complexity index is 1690. The van der Waals surface area contributed by atoms with Crippen molar-refractivity contribution in [3.05, 3.63) is 136 Å². The maximum Gasteiger partial charge on any atom is 0.266 e. The third kappa shape index (κ3) is 5.35. The molecule has 5 rings (SSSR count). The number of carbonyl (C=O) groups is 1. The van der Waals surface area contributed by atoms with Gasteiger partial charge in [-0.05, 0) is 53.6 Å². The molecule has 0 radical (unpaired) electrons. The van der Waals surface area contributed by atoms with E-state index in [-0.39, 0.29) is 28.0 Å². The molecule has 8 heteroatoms.